The van der Waals surface area contributed by atoms with E-state index < -0.39 is 0 Å². The molecule has 3 aromatic rings. The number of benzene rings is 1. The maximum absolute atomic E-state index is 12.7. The Morgan fingerprint density at radius 3 is 3.00 bits per heavy atom. The zero-order chi connectivity index (χ0) is 18.8. The predicted octanol–water partition coefficient (Wildman–Crippen LogP) is 3.38. The third-order valence-electron chi connectivity index (χ3n) is 4.97. The Morgan fingerprint density at radius 2 is 2.22 bits per heavy atom. The molecule has 2 N–H and O–H groups in total. The maximum Gasteiger partial charge on any atom is 0.261 e. The summed E-state index contributed by atoms with van der Waals surface area (Å²) < 4.78 is 1.15. The second-order valence-corrected chi connectivity index (χ2v) is 9.26. The van der Waals surface area contributed by atoms with Crippen LogP contribution in [0.15, 0.2) is 30.5 Å². The summed E-state index contributed by atoms with van der Waals surface area (Å²) in [7, 11) is 0. The summed E-state index contributed by atoms with van der Waals surface area (Å²) in [6.07, 6.45) is 3.03. The first kappa shape index (κ1) is 18.6. The first-order chi connectivity index (χ1) is 13.2. The topological polar surface area (TPSA) is 65.5 Å². The Balaban J connectivity index is 1.59. The number of aromatic nitrogens is 1. The number of rotatable bonds is 6. The number of thiophene rings is 1. The summed E-state index contributed by atoms with van der Waals surface area (Å²) in [5.74, 6) is 0.279. The molecule has 0 aliphatic carbocycles. The number of aryl methyl sites for hydroxylation is 1. The van der Waals surface area contributed by atoms with Gasteiger partial charge in [0.1, 0.15) is 0 Å². The van der Waals surface area contributed by atoms with Crippen LogP contribution in [0.3, 0.4) is 0 Å². The minimum atomic E-state index is -0.0724. The van der Waals surface area contributed by atoms with Crippen LogP contribution in [0.25, 0.3) is 10.1 Å². The number of nitrogens with zero attached hydrogens (tertiary/aromatic N) is 2. The molecule has 7 heteroatoms. The van der Waals surface area contributed by atoms with Gasteiger partial charge in [-0.2, -0.15) is 0 Å². The van der Waals surface area contributed by atoms with Gasteiger partial charge in [-0.05, 0) is 36.9 Å². The molecule has 142 valence electrons. The smallest absolute Gasteiger partial charge is 0.261 e. The number of aliphatic hydroxyl groups excluding tert-OH is 1. The van der Waals surface area contributed by atoms with Crippen molar-refractivity contribution >= 4 is 38.7 Å². The van der Waals surface area contributed by atoms with Crippen molar-refractivity contribution in [2.24, 2.45) is 0 Å². The Kier molecular flexibility index (Phi) is 5.54. The van der Waals surface area contributed by atoms with Crippen LogP contribution >= 0.6 is 22.7 Å². The van der Waals surface area contributed by atoms with E-state index in [0.717, 1.165) is 40.6 Å². The van der Waals surface area contributed by atoms with Crippen molar-refractivity contribution in [2.75, 3.05) is 26.2 Å². The summed E-state index contributed by atoms with van der Waals surface area (Å²) >= 11 is 3.31. The van der Waals surface area contributed by atoms with Crippen LogP contribution in [-0.4, -0.2) is 47.1 Å². The van der Waals surface area contributed by atoms with E-state index >= 15 is 0 Å². The van der Waals surface area contributed by atoms with Crippen LogP contribution in [0.1, 0.15) is 37.5 Å². The molecule has 2 aromatic heterocycles. The lowest BCUT2D eigenvalue weighted by atomic mass is 9.95. The van der Waals surface area contributed by atoms with Gasteiger partial charge in [0.2, 0.25) is 0 Å². The van der Waals surface area contributed by atoms with E-state index in [1.807, 2.05) is 25.3 Å². The van der Waals surface area contributed by atoms with E-state index in [1.165, 1.54) is 15.8 Å². The van der Waals surface area contributed by atoms with Gasteiger partial charge in [0.05, 0.1) is 16.5 Å². The Morgan fingerprint density at radius 1 is 1.37 bits per heavy atom. The second kappa shape index (κ2) is 8.06. The second-order valence-electron chi connectivity index (χ2n) is 6.89. The number of amides is 1. The van der Waals surface area contributed by atoms with Crippen LogP contribution in [-0.2, 0) is 6.54 Å². The molecule has 1 unspecified atom stereocenters. The predicted molar refractivity (Wildman–Crippen MR) is 111 cm³/mol. The highest BCUT2D eigenvalue weighted by Gasteiger charge is 2.30. The number of carbonyl (C=O) groups is 1. The van der Waals surface area contributed by atoms with Crippen molar-refractivity contribution in [3.05, 3.63) is 50.8 Å². The third kappa shape index (κ3) is 3.91. The molecule has 3 heterocycles. The van der Waals surface area contributed by atoms with E-state index in [-0.39, 0.29) is 19.1 Å². The van der Waals surface area contributed by atoms with E-state index in [9.17, 15) is 4.79 Å². The van der Waals surface area contributed by atoms with Crippen molar-refractivity contribution in [3.8, 4) is 0 Å². The molecule has 0 bridgehead atoms. The Labute approximate surface area is 166 Å². The molecule has 1 atom stereocenters. The van der Waals surface area contributed by atoms with Gasteiger partial charge in [-0.1, -0.05) is 18.2 Å². The Bertz CT molecular complexity index is 950. The zero-order valence-corrected chi connectivity index (χ0v) is 16.9. The number of likely N-dealkylation sites (tertiary alicyclic amines) is 1. The summed E-state index contributed by atoms with van der Waals surface area (Å²) in [4.78, 5) is 21.6. The van der Waals surface area contributed by atoms with Crippen LogP contribution in [0, 0.1) is 6.92 Å². The summed E-state index contributed by atoms with van der Waals surface area (Å²) in [5, 5.41) is 14.2. The van der Waals surface area contributed by atoms with Crippen LogP contribution in [0.2, 0.25) is 0 Å². The van der Waals surface area contributed by atoms with Crippen LogP contribution in [0.5, 0.6) is 0 Å². The normalized spacial score (nSPS) is 17.6. The molecule has 1 fully saturated rings. The fourth-order valence-corrected chi connectivity index (χ4v) is 5.84. The molecular weight excluding hydrogens is 378 g/mol. The fourth-order valence-electron chi connectivity index (χ4n) is 3.80. The molecule has 27 heavy (non-hydrogen) atoms. The van der Waals surface area contributed by atoms with Crippen LogP contribution in [0.4, 0.5) is 0 Å². The van der Waals surface area contributed by atoms with Crippen molar-refractivity contribution in [1.82, 2.24) is 15.2 Å². The number of nitrogens with one attached hydrogen (secondary N) is 1. The first-order valence-corrected chi connectivity index (χ1v) is 10.8. The average molecular weight is 402 g/mol. The number of aliphatic hydroxyl groups is 1. The van der Waals surface area contributed by atoms with E-state index in [0.29, 0.717) is 5.92 Å². The molecule has 1 aliphatic rings. The average Bonchev–Trinajstić information content (AvgIpc) is 3.38. The van der Waals surface area contributed by atoms with E-state index in [4.69, 9.17) is 5.11 Å². The van der Waals surface area contributed by atoms with Crippen molar-refractivity contribution in [1.29, 1.82) is 0 Å². The number of thiazole rings is 1. The quantitative estimate of drug-likeness (QED) is 0.665. The molecule has 0 radical (unpaired) electrons. The highest BCUT2D eigenvalue weighted by Crippen LogP contribution is 2.40. The zero-order valence-electron chi connectivity index (χ0n) is 15.3. The molecule has 1 aliphatic heterocycles. The first-order valence-electron chi connectivity index (χ1n) is 9.20. The Hall–Kier alpha value is -1.80. The molecule has 4 rings (SSSR count). The summed E-state index contributed by atoms with van der Waals surface area (Å²) in [6.45, 7) is 5.19. The van der Waals surface area contributed by atoms with Crippen molar-refractivity contribution in [3.63, 3.8) is 0 Å². The van der Waals surface area contributed by atoms with Gasteiger partial charge in [-0.15, -0.1) is 22.7 Å². The number of fused-ring (bicyclic) bond motifs is 1. The maximum atomic E-state index is 12.7. The minimum Gasteiger partial charge on any atom is -0.395 e. The van der Waals surface area contributed by atoms with Crippen LogP contribution < -0.4 is 5.32 Å². The molecular formula is C20H23N3O2S2. The lowest BCUT2D eigenvalue weighted by molar-refractivity contribution is 0.0947. The lowest BCUT2D eigenvalue weighted by Crippen LogP contribution is -2.27. The lowest BCUT2D eigenvalue weighted by Gasteiger charge is -2.16. The van der Waals surface area contributed by atoms with E-state index in [1.54, 1.807) is 22.7 Å². The van der Waals surface area contributed by atoms with Crippen molar-refractivity contribution < 1.29 is 9.90 Å². The molecule has 0 spiro atoms. The van der Waals surface area contributed by atoms with Gasteiger partial charge in [0.15, 0.2) is 0 Å². The molecule has 1 amide bonds. The molecule has 0 saturated carbocycles. The third-order valence-corrected chi connectivity index (χ3v) is 7.05. The monoisotopic (exact) mass is 401 g/mol. The molecule has 1 saturated heterocycles. The summed E-state index contributed by atoms with van der Waals surface area (Å²) in [5.41, 5.74) is 1.18. The number of hydrogen-bond donors (Lipinski definition) is 2. The highest BCUT2D eigenvalue weighted by molar-refractivity contribution is 7.21. The van der Waals surface area contributed by atoms with Gasteiger partial charge in [-0.3, -0.25) is 9.69 Å². The number of carbonyl (C=O) groups excluding carboxylic acids is 1. The largest absolute Gasteiger partial charge is 0.395 e. The molecule has 5 nitrogen and oxygen atoms in total. The van der Waals surface area contributed by atoms with Gasteiger partial charge in [0.25, 0.3) is 5.91 Å². The summed E-state index contributed by atoms with van der Waals surface area (Å²) in [6, 6.07) is 8.27. The minimum absolute atomic E-state index is 0.0442. The number of hydrogen-bond acceptors (Lipinski definition) is 6. The van der Waals surface area contributed by atoms with Gasteiger partial charge in [0, 0.05) is 41.3 Å². The van der Waals surface area contributed by atoms with Gasteiger partial charge in [-0.25, -0.2) is 4.98 Å². The molecule has 1 aromatic carbocycles. The van der Waals surface area contributed by atoms with E-state index in [2.05, 4.69) is 27.3 Å². The van der Waals surface area contributed by atoms with Crippen molar-refractivity contribution in [2.45, 2.75) is 25.8 Å². The standard InChI is InChI=1S/C20H23N3O2S2/c1-13-22-10-15(26-13)12-23-8-6-14(11-23)18-16-4-2-3-5-17(16)27-19(18)20(25)21-7-9-24/h2-5,10,14,24H,6-9,11-12H2,1H3,(H,21,25). The van der Waals surface area contributed by atoms with Gasteiger partial charge < -0.3 is 10.4 Å². The fraction of sp³-hybridized carbons (Fsp3) is 0.400. The highest BCUT2D eigenvalue weighted by atomic mass is 32.1. The SMILES string of the molecule is Cc1ncc(CN2CCC(c3c(C(=O)NCCO)sc4ccccc34)C2)s1. The van der Waals surface area contributed by atoms with Gasteiger partial charge >= 0.3 is 0 Å².